The smallest absolute Gasteiger partial charge is 0.123 e. The van der Waals surface area contributed by atoms with Crippen molar-refractivity contribution in [1.82, 2.24) is 0 Å². The first-order valence-corrected chi connectivity index (χ1v) is 7.78. The number of halogens is 3. The lowest BCUT2D eigenvalue weighted by Crippen LogP contribution is -2.06. The third kappa shape index (κ3) is 4.13. The van der Waals surface area contributed by atoms with Crippen molar-refractivity contribution in [3.05, 3.63) is 69.9 Å². The van der Waals surface area contributed by atoms with Crippen LogP contribution in [0.1, 0.15) is 17.2 Å². The van der Waals surface area contributed by atoms with Gasteiger partial charge in [-0.15, -0.1) is 0 Å². The Labute approximate surface area is 129 Å². The van der Waals surface area contributed by atoms with Crippen LogP contribution in [0.15, 0.2) is 53.0 Å². The van der Waals surface area contributed by atoms with Crippen LogP contribution in [0.2, 0.25) is 0 Å². The molecule has 0 spiro atoms. The molecule has 0 aliphatic rings. The molecule has 1 nitrogen and oxygen atoms in total. The first-order valence-electron chi connectivity index (χ1n) is 5.87. The number of ether oxygens (including phenoxy) is 1. The Kier molecular flexibility index (Phi) is 5.55. The van der Waals surface area contributed by atoms with Gasteiger partial charge in [-0.05, 0) is 29.3 Å². The summed E-state index contributed by atoms with van der Waals surface area (Å²) in [6.07, 6.45) is -0.0901. The highest BCUT2D eigenvalue weighted by Gasteiger charge is 2.11. The van der Waals surface area contributed by atoms with Crippen LogP contribution in [0.4, 0.5) is 4.39 Å². The minimum atomic E-state index is -0.233. The number of rotatable bonds is 5. The topological polar surface area (TPSA) is 9.23 Å². The highest BCUT2D eigenvalue weighted by atomic mass is 79.9. The summed E-state index contributed by atoms with van der Waals surface area (Å²) in [5, 5.41) is 0.670. The van der Waals surface area contributed by atoms with Gasteiger partial charge in [-0.3, -0.25) is 0 Å². The summed E-state index contributed by atoms with van der Waals surface area (Å²) in [5.74, 6) is -0.233. The Morgan fingerprint density at radius 2 is 1.74 bits per heavy atom. The maximum absolute atomic E-state index is 12.9. The minimum Gasteiger partial charge on any atom is -0.368 e. The monoisotopic (exact) mass is 386 g/mol. The van der Waals surface area contributed by atoms with Crippen molar-refractivity contribution >= 4 is 31.9 Å². The van der Waals surface area contributed by atoms with Crippen molar-refractivity contribution in [2.45, 2.75) is 12.7 Å². The first-order chi connectivity index (χ1) is 9.20. The summed E-state index contributed by atoms with van der Waals surface area (Å²) >= 11 is 6.93. The molecule has 0 saturated heterocycles. The Balaban J connectivity index is 2.04. The Hall–Kier alpha value is -0.710. The predicted octanol–water partition coefficient (Wildman–Crippen LogP) is 5.24. The molecule has 0 aliphatic heterocycles. The molecular formula is C15H13Br2FO. The fourth-order valence-corrected chi connectivity index (χ4v) is 2.67. The number of alkyl halides is 1. The third-order valence-electron chi connectivity index (χ3n) is 2.78. The van der Waals surface area contributed by atoms with E-state index in [1.165, 1.54) is 12.1 Å². The van der Waals surface area contributed by atoms with E-state index in [1.807, 2.05) is 24.3 Å². The van der Waals surface area contributed by atoms with Crippen molar-refractivity contribution in [2.24, 2.45) is 0 Å². The maximum atomic E-state index is 12.9. The molecule has 2 rings (SSSR count). The van der Waals surface area contributed by atoms with E-state index >= 15 is 0 Å². The molecule has 0 fully saturated rings. The average Bonchev–Trinajstić information content (AvgIpc) is 2.43. The Morgan fingerprint density at radius 1 is 1.05 bits per heavy atom. The van der Waals surface area contributed by atoms with Crippen molar-refractivity contribution < 1.29 is 9.13 Å². The molecule has 100 valence electrons. The van der Waals surface area contributed by atoms with Crippen molar-refractivity contribution in [2.75, 3.05) is 5.33 Å². The molecule has 2 aromatic carbocycles. The van der Waals surface area contributed by atoms with Crippen LogP contribution in [-0.4, -0.2) is 5.33 Å². The molecule has 0 aromatic heterocycles. The zero-order chi connectivity index (χ0) is 13.7. The van der Waals surface area contributed by atoms with Gasteiger partial charge in [-0.25, -0.2) is 4.39 Å². The average molecular weight is 388 g/mol. The van der Waals surface area contributed by atoms with E-state index in [9.17, 15) is 4.39 Å². The largest absolute Gasteiger partial charge is 0.368 e. The molecule has 0 radical (unpaired) electrons. The van der Waals surface area contributed by atoms with Crippen molar-refractivity contribution in [3.63, 3.8) is 0 Å². The fourth-order valence-electron chi connectivity index (χ4n) is 1.71. The molecule has 0 amide bonds. The van der Waals surface area contributed by atoms with Gasteiger partial charge in [0.1, 0.15) is 5.82 Å². The van der Waals surface area contributed by atoms with Gasteiger partial charge in [0.2, 0.25) is 0 Å². The summed E-state index contributed by atoms with van der Waals surface area (Å²) in [6, 6.07) is 14.3. The molecule has 0 bridgehead atoms. The van der Waals surface area contributed by atoms with Gasteiger partial charge >= 0.3 is 0 Å². The van der Waals surface area contributed by atoms with E-state index in [2.05, 4.69) is 31.9 Å². The molecule has 2 aromatic rings. The van der Waals surface area contributed by atoms with E-state index in [4.69, 9.17) is 4.74 Å². The highest BCUT2D eigenvalue weighted by molar-refractivity contribution is 9.10. The molecule has 0 heterocycles. The fraction of sp³-hybridized carbons (Fsp3) is 0.200. The van der Waals surface area contributed by atoms with Crippen LogP contribution in [0.25, 0.3) is 0 Å². The number of benzene rings is 2. The standard InChI is InChI=1S/C15H13Br2FO/c16-9-15(11-5-7-13(18)8-6-11)19-10-12-3-1-2-4-14(12)17/h1-8,15H,9-10H2. The van der Waals surface area contributed by atoms with Crippen LogP contribution < -0.4 is 0 Å². The van der Waals surface area contributed by atoms with Crippen LogP contribution in [0.5, 0.6) is 0 Å². The second-order valence-corrected chi connectivity index (χ2v) is 5.60. The molecule has 1 unspecified atom stereocenters. The molecule has 0 aliphatic carbocycles. The zero-order valence-corrected chi connectivity index (χ0v) is 13.3. The summed E-state index contributed by atoms with van der Waals surface area (Å²) < 4.78 is 19.8. The Morgan fingerprint density at radius 3 is 2.37 bits per heavy atom. The lowest BCUT2D eigenvalue weighted by atomic mass is 10.1. The van der Waals surface area contributed by atoms with E-state index < -0.39 is 0 Å². The number of hydrogen-bond donors (Lipinski definition) is 0. The summed E-state index contributed by atoms with van der Waals surface area (Å²) in [5.41, 5.74) is 2.06. The van der Waals surface area contributed by atoms with E-state index in [0.717, 1.165) is 15.6 Å². The van der Waals surface area contributed by atoms with Gasteiger partial charge in [0.05, 0.1) is 12.7 Å². The molecule has 0 saturated carbocycles. The normalized spacial score (nSPS) is 12.4. The Bertz CT molecular complexity index is 528. The maximum Gasteiger partial charge on any atom is 0.123 e. The van der Waals surface area contributed by atoms with Crippen LogP contribution in [-0.2, 0) is 11.3 Å². The van der Waals surface area contributed by atoms with Crippen LogP contribution in [0, 0.1) is 5.82 Å². The first kappa shape index (κ1) is 14.7. The van der Waals surface area contributed by atoms with Gasteiger partial charge < -0.3 is 4.74 Å². The molecular weight excluding hydrogens is 375 g/mol. The van der Waals surface area contributed by atoms with Crippen molar-refractivity contribution in [3.8, 4) is 0 Å². The van der Waals surface area contributed by atoms with E-state index in [0.29, 0.717) is 11.9 Å². The lowest BCUT2D eigenvalue weighted by Gasteiger charge is -2.16. The molecule has 1 atom stereocenters. The number of hydrogen-bond acceptors (Lipinski definition) is 1. The van der Waals surface area contributed by atoms with Gasteiger partial charge in [-0.1, -0.05) is 62.2 Å². The second kappa shape index (κ2) is 7.17. The summed E-state index contributed by atoms with van der Waals surface area (Å²) in [4.78, 5) is 0. The van der Waals surface area contributed by atoms with Gasteiger partial charge in [-0.2, -0.15) is 0 Å². The lowest BCUT2D eigenvalue weighted by molar-refractivity contribution is 0.0562. The van der Waals surface area contributed by atoms with E-state index in [-0.39, 0.29) is 11.9 Å². The third-order valence-corrected chi connectivity index (χ3v) is 4.14. The van der Waals surface area contributed by atoms with E-state index in [1.54, 1.807) is 12.1 Å². The molecule has 19 heavy (non-hydrogen) atoms. The quantitative estimate of drug-likeness (QED) is 0.637. The van der Waals surface area contributed by atoms with Gasteiger partial charge in [0, 0.05) is 9.80 Å². The van der Waals surface area contributed by atoms with Crippen LogP contribution in [0.3, 0.4) is 0 Å². The SMILES string of the molecule is Fc1ccc(C(CBr)OCc2ccccc2Br)cc1. The van der Waals surface area contributed by atoms with Gasteiger partial charge in [0.25, 0.3) is 0 Å². The molecule has 0 N–H and O–H groups in total. The zero-order valence-electron chi connectivity index (χ0n) is 10.2. The highest BCUT2D eigenvalue weighted by Crippen LogP contribution is 2.24. The van der Waals surface area contributed by atoms with Crippen LogP contribution >= 0.6 is 31.9 Å². The summed E-state index contributed by atoms with van der Waals surface area (Å²) in [7, 11) is 0. The van der Waals surface area contributed by atoms with Gasteiger partial charge in [0.15, 0.2) is 0 Å². The minimum absolute atomic E-state index is 0.0901. The second-order valence-electron chi connectivity index (χ2n) is 4.10. The summed E-state index contributed by atoms with van der Waals surface area (Å²) in [6.45, 7) is 0.509. The van der Waals surface area contributed by atoms with Crippen molar-refractivity contribution in [1.29, 1.82) is 0 Å². The molecule has 4 heteroatoms. The predicted molar refractivity (Wildman–Crippen MR) is 81.9 cm³/mol.